The van der Waals surface area contributed by atoms with Gasteiger partial charge in [-0.05, 0) is 81.8 Å². The van der Waals surface area contributed by atoms with Crippen LogP contribution in [0.5, 0.6) is 0 Å². The summed E-state index contributed by atoms with van der Waals surface area (Å²) < 4.78 is 0. The van der Waals surface area contributed by atoms with Crippen LogP contribution in [0.3, 0.4) is 0 Å². The predicted octanol–water partition coefficient (Wildman–Crippen LogP) is 3.14. The van der Waals surface area contributed by atoms with E-state index in [9.17, 15) is 14.4 Å². The van der Waals surface area contributed by atoms with E-state index in [-0.39, 0.29) is 23.8 Å². The summed E-state index contributed by atoms with van der Waals surface area (Å²) >= 11 is 0. The lowest BCUT2D eigenvalue weighted by Crippen LogP contribution is -2.51. The number of carbonyl (C=O) groups is 3. The van der Waals surface area contributed by atoms with E-state index in [1.807, 2.05) is 0 Å². The summed E-state index contributed by atoms with van der Waals surface area (Å²) in [7, 11) is 0. The van der Waals surface area contributed by atoms with E-state index >= 15 is 0 Å². The van der Waals surface area contributed by atoms with Gasteiger partial charge in [0.05, 0.1) is 0 Å². The van der Waals surface area contributed by atoms with Gasteiger partial charge in [-0.1, -0.05) is 34.1 Å². The summed E-state index contributed by atoms with van der Waals surface area (Å²) in [5.74, 6) is 0.904. The van der Waals surface area contributed by atoms with Crippen LogP contribution in [0.4, 0.5) is 4.79 Å². The molecule has 3 aliphatic rings. The van der Waals surface area contributed by atoms with Crippen molar-refractivity contribution in [3.63, 3.8) is 0 Å². The average Bonchev–Trinajstić information content (AvgIpc) is 2.97. The molecule has 1 saturated carbocycles. The molecule has 0 unspecified atom stereocenters. The molecule has 4 amide bonds. The highest BCUT2D eigenvalue weighted by Crippen LogP contribution is 2.45. The molecule has 7 heteroatoms. The number of nitrogens with zero attached hydrogens (tertiary/aromatic N) is 2. The molecule has 7 nitrogen and oxygen atoms in total. The summed E-state index contributed by atoms with van der Waals surface area (Å²) in [5.41, 5.74) is -0.553. The highest BCUT2D eigenvalue weighted by atomic mass is 16.2. The second kappa shape index (κ2) is 9.88. The first kappa shape index (κ1) is 24.0. The van der Waals surface area contributed by atoms with E-state index in [1.54, 1.807) is 0 Å². The molecule has 0 aromatic heterocycles. The molecule has 31 heavy (non-hydrogen) atoms. The third kappa shape index (κ3) is 5.60. The molecule has 0 aromatic carbocycles. The molecule has 1 spiro atoms. The van der Waals surface area contributed by atoms with Crippen molar-refractivity contribution in [2.75, 3.05) is 32.7 Å². The Morgan fingerprint density at radius 2 is 1.81 bits per heavy atom. The molecule has 2 heterocycles. The van der Waals surface area contributed by atoms with Crippen molar-refractivity contribution < 1.29 is 14.4 Å². The monoisotopic (exact) mass is 434 g/mol. The van der Waals surface area contributed by atoms with Gasteiger partial charge in [0.2, 0.25) is 5.91 Å². The Kier molecular flexibility index (Phi) is 7.66. The minimum atomic E-state index is -0.802. The molecule has 2 saturated heterocycles. The molecule has 2 aliphatic heterocycles. The van der Waals surface area contributed by atoms with Crippen LogP contribution in [0.25, 0.3) is 0 Å². The van der Waals surface area contributed by atoms with Gasteiger partial charge < -0.3 is 15.5 Å². The number of imide groups is 1. The van der Waals surface area contributed by atoms with Crippen LogP contribution < -0.4 is 10.6 Å². The molecular weight excluding hydrogens is 392 g/mol. The highest BCUT2D eigenvalue weighted by molar-refractivity contribution is 6.09. The number of hydrogen-bond donors (Lipinski definition) is 2. The number of amides is 4. The average molecular weight is 435 g/mol. The lowest BCUT2D eigenvalue weighted by Gasteiger charge is -2.42. The van der Waals surface area contributed by atoms with Gasteiger partial charge in [0, 0.05) is 6.54 Å². The molecule has 2 N–H and O–H groups in total. The SMILES string of the molecule is CCC(C)(C)C1CCC2(CC1)NC(=O)N(CC(=O)NCCCN1CCC(C)CC1)C2=O. The zero-order valence-electron chi connectivity index (χ0n) is 20.0. The Hall–Kier alpha value is -1.63. The largest absolute Gasteiger partial charge is 0.354 e. The van der Waals surface area contributed by atoms with E-state index in [4.69, 9.17) is 0 Å². The fraction of sp³-hybridized carbons (Fsp3) is 0.875. The Bertz CT molecular complexity index is 662. The van der Waals surface area contributed by atoms with Crippen molar-refractivity contribution in [2.45, 2.75) is 84.6 Å². The van der Waals surface area contributed by atoms with Crippen LogP contribution in [0.2, 0.25) is 0 Å². The van der Waals surface area contributed by atoms with E-state index in [0.29, 0.717) is 25.3 Å². The number of hydrogen-bond acceptors (Lipinski definition) is 4. The number of piperidine rings is 1. The van der Waals surface area contributed by atoms with Gasteiger partial charge in [0.15, 0.2) is 0 Å². The van der Waals surface area contributed by atoms with Crippen LogP contribution in [0, 0.1) is 17.3 Å². The first-order valence-electron chi connectivity index (χ1n) is 12.3. The number of likely N-dealkylation sites (tertiary alicyclic amines) is 1. The second-order valence-corrected chi connectivity index (χ2v) is 10.7. The minimum absolute atomic E-state index is 0.183. The maximum Gasteiger partial charge on any atom is 0.325 e. The topological polar surface area (TPSA) is 81.8 Å². The molecule has 3 rings (SSSR count). The zero-order valence-corrected chi connectivity index (χ0v) is 20.0. The van der Waals surface area contributed by atoms with Crippen LogP contribution in [-0.2, 0) is 9.59 Å². The molecule has 0 atom stereocenters. The maximum atomic E-state index is 13.1. The Morgan fingerprint density at radius 1 is 1.16 bits per heavy atom. The first-order chi connectivity index (χ1) is 14.7. The fourth-order valence-corrected chi connectivity index (χ4v) is 5.36. The van der Waals surface area contributed by atoms with Gasteiger partial charge >= 0.3 is 6.03 Å². The smallest absolute Gasteiger partial charge is 0.325 e. The van der Waals surface area contributed by atoms with E-state index in [1.165, 1.54) is 12.8 Å². The van der Waals surface area contributed by atoms with Crippen LogP contribution in [0.15, 0.2) is 0 Å². The van der Waals surface area contributed by atoms with Gasteiger partial charge in [0.1, 0.15) is 12.1 Å². The molecule has 0 bridgehead atoms. The summed E-state index contributed by atoms with van der Waals surface area (Å²) in [5, 5.41) is 5.81. The Labute approximate surface area is 187 Å². The third-order valence-electron chi connectivity index (χ3n) is 8.25. The summed E-state index contributed by atoms with van der Waals surface area (Å²) in [6.45, 7) is 12.7. The van der Waals surface area contributed by atoms with Crippen molar-refractivity contribution >= 4 is 17.8 Å². The summed E-state index contributed by atoms with van der Waals surface area (Å²) in [6, 6.07) is -0.421. The Morgan fingerprint density at radius 3 is 2.42 bits per heavy atom. The minimum Gasteiger partial charge on any atom is -0.354 e. The lowest BCUT2D eigenvalue weighted by molar-refractivity contribution is -0.136. The van der Waals surface area contributed by atoms with Crippen molar-refractivity contribution in [1.29, 1.82) is 0 Å². The van der Waals surface area contributed by atoms with Crippen molar-refractivity contribution in [3.05, 3.63) is 0 Å². The molecular formula is C24H42N4O3. The van der Waals surface area contributed by atoms with Crippen LogP contribution in [-0.4, -0.2) is 65.9 Å². The van der Waals surface area contributed by atoms with E-state index in [0.717, 1.165) is 56.1 Å². The molecule has 1 aliphatic carbocycles. The van der Waals surface area contributed by atoms with Crippen LogP contribution >= 0.6 is 0 Å². The van der Waals surface area contributed by atoms with Gasteiger partial charge in [-0.25, -0.2) is 4.79 Å². The number of carbonyl (C=O) groups excluding carboxylic acids is 3. The van der Waals surface area contributed by atoms with E-state index < -0.39 is 11.6 Å². The third-order valence-corrected chi connectivity index (χ3v) is 8.25. The maximum absolute atomic E-state index is 13.1. The quantitative estimate of drug-likeness (QED) is 0.454. The normalized spacial score (nSPS) is 28.3. The summed E-state index contributed by atoms with van der Waals surface area (Å²) in [4.78, 5) is 41.5. The predicted molar refractivity (Wildman–Crippen MR) is 121 cm³/mol. The van der Waals surface area contributed by atoms with Gasteiger partial charge in [-0.3, -0.25) is 14.5 Å². The number of nitrogens with one attached hydrogen (secondary N) is 2. The summed E-state index contributed by atoms with van der Waals surface area (Å²) in [6.07, 6.45) is 7.68. The molecule has 176 valence electrons. The molecule has 3 fully saturated rings. The number of urea groups is 1. The second-order valence-electron chi connectivity index (χ2n) is 10.7. The van der Waals surface area contributed by atoms with Crippen molar-refractivity contribution in [3.8, 4) is 0 Å². The van der Waals surface area contributed by atoms with Gasteiger partial charge in [-0.2, -0.15) is 0 Å². The van der Waals surface area contributed by atoms with Gasteiger partial charge in [0.25, 0.3) is 5.91 Å². The molecule has 0 radical (unpaired) electrons. The lowest BCUT2D eigenvalue weighted by atomic mass is 9.65. The zero-order chi connectivity index (χ0) is 22.6. The van der Waals surface area contributed by atoms with Crippen molar-refractivity contribution in [2.24, 2.45) is 17.3 Å². The molecule has 0 aromatic rings. The highest BCUT2D eigenvalue weighted by Gasteiger charge is 2.53. The Balaban J connectivity index is 1.42. The first-order valence-corrected chi connectivity index (χ1v) is 12.3. The van der Waals surface area contributed by atoms with Gasteiger partial charge in [-0.15, -0.1) is 0 Å². The fourth-order valence-electron chi connectivity index (χ4n) is 5.36. The van der Waals surface area contributed by atoms with Crippen molar-refractivity contribution in [1.82, 2.24) is 20.4 Å². The number of rotatable bonds is 8. The van der Waals surface area contributed by atoms with E-state index in [2.05, 4.69) is 43.2 Å². The standard InChI is InChI=1S/C24H42N4O3/c1-5-23(3,4)19-7-11-24(12-8-19)21(30)28(22(31)26-24)17-20(29)25-13-6-14-27-15-9-18(2)10-16-27/h18-19H,5-17H2,1-4H3,(H,25,29)(H,26,31). The van der Waals surface area contributed by atoms with Crippen LogP contribution in [0.1, 0.15) is 79.1 Å².